The van der Waals surface area contributed by atoms with Crippen molar-refractivity contribution in [3.05, 3.63) is 0 Å². The van der Waals surface area contributed by atoms with Crippen LogP contribution in [-0.2, 0) is 19.6 Å². The van der Waals surface area contributed by atoms with Gasteiger partial charge in [0.15, 0.2) is 0 Å². The van der Waals surface area contributed by atoms with E-state index in [0.29, 0.717) is 19.3 Å². The molecule has 0 heterocycles. The Morgan fingerprint density at radius 3 is 2.53 bits per heavy atom. The molecule has 0 fully saturated rings. The molecule has 0 aliphatic rings. The molecule has 1 atom stereocenters. The van der Waals surface area contributed by atoms with Gasteiger partial charge in [-0.1, -0.05) is 0 Å². The van der Waals surface area contributed by atoms with E-state index in [2.05, 4.69) is 9.93 Å². The topological polar surface area (TPSA) is 85.2 Å². The fraction of sp³-hybridized carbons (Fsp3) is 0.909. The van der Waals surface area contributed by atoms with Crippen molar-refractivity contribution in [1.82, 2.24) is 0 Å². The standard InChI is InChI=1S/C11H22O6/c1-9(13)8-11(2,3)16-17-15-10(14)6-4-5-7-12/h9,12-13H,4-8H2,1-3H3. The van der Waals surface area contributed by atoms with Gasteiger partial charge in [0.05, 0.1) is 6.10 Å². The highest BCUT2D eigenvalue weighted by Crippen LogP contribution is 2.17. The lowest BCUT2D eigenvalue weighted by molar-refractivity contribution is -0.518. The highest BCUT2D eigenvalue weighted by molar-refractivity contribution is 5.68. The summed E-state index contributed by atoms with van der Waals surface area (Å²) in [6, 6.07) is 0. The molecule has 0 saturated heterocycles. The maximum atomic E-state index is 11.1. The Morgan fingerprint density at radius 2 is 2.00 bits per heavy atom. The van der Waals surface area contributed by atoms with Crippen LogP contribution in [0.1, 0.15) is 46.5 Å². The fourth-order valence-corrected chi connectivity index (χ4v) is 1.32. The van der Waals surface area contributed by atoms with E-state index in [1.165, 1.54) is 0 Å². The van der Waals surface area contributed by atoms with E-state index in [4.69, 9.17) is 9.99 Å². The van der Waals surface area contributed by atoms with Crippen molar-refractivity contribution >= 4 is 5.97 Å². The van der Waals surface area contributed by atoms with Gasteiger partial charge in [0.1, 0.15) is 5.60 Å². The maximum Gasteiger partial charge on any atom is 0.345 e. The molecule has 6 heteroatoms. The molecule has 102 valence electrons. The molecule has 2 N–H and O–H groups in total. The van der Waals surface area contributed by atoms with Crippen LogP contribution < -0.4 is 0 Å². The van der Waals surface area contributed by atoms with E-state index < -0.39 is 17.7 Å². The lowest BCUT2D eigenvalue weighted by Gasteiger charge is -2.23. The zero-order valence-electron chi connectivity index (χ0n) is 10.6. The number of carbonyl (C=O) groups is 1. The largest absolute Gasteiger partial charge is 0.396 e. The Hall–Kier alpha value is -0.690. The first-order valence-electron chi connectivity index (χ1n) is 5.71. The molecule has 0 bridgehead atoms. The van der Waals surface area contributed by atoms with Gasteiger partial charge in [0, 0.05) is 19.4 Å². The molecule has 6 nitrogen and oxygen atoms in total. The predicted molar refractivity (Wildman–Crippen MR) is 59.6 cm³/mol. The van der Waals surface area contributed by atoms with Crippen molar-refractivity contribution in [1.29, 1.82) is 0 Å². The fourth-order valence-electron chi connectivity index (χ4n) is 1.32. The van der Waals surface area contributed by atoms with E-state index in [0.717, 1.165) is 0 Å². The van der Waals surface area contributed by atoms with Crippen LogP contribution in [0.15, 0.2) is 0 Å². The van der Waals surface area contributed by atoms with E-state index in [-0.39, 0.29) is 13.0 Å². The Balaban J connectivity index is 3.64. The highest BCUT2D eigenvalue weighted by Gasteiger charge is 2.23. The third-order valence-corrected chi connectivity index (χ3v) is 1.96. The monoisotopic (exact) mass is 250 g/mol. The molecular formula is C11H22O6. The molecule has 0 amide bonds. The van der Waals surface area contributed by atoms with Gasteiger partial charge in [0.25, 0.3) is 0 Å². The molecule has 0 saturated carbocycles. The molecule has 0 aromatic heterocycles. The Kier molecular flexibility index (Phi) is 8.07. The summed E-state index contributed by atoms with van der Waals surface area (Å²) in [5, 5.41) is 22.1. The van der Waals surface area contributed by atoms with Gasteiger partial charge < -0.3 is 10.2 Å². The minimum Gasteiger partial charge on any atom is -0.396 e. The van der Waals surface area contributed by atoms with Gasteiger partial charge in [-0.15, -0.1) is 0 Å². The van der Waals surface area contributed by atoms with E-state index in [1.807, 2.05) is 0 Å². The minimum atomic E-state index is -0.737. The van der Waals surface area contributed by atoms with E-state index >= 15 is 0 Å². The summed E-state index contributed by atoms with van der Waals surface area (Å²) in [4.78, 5) is 20.3. The molecule has 0 aliphatic carbocycles. The van der Waals surface area contributed by atoms with Crippen LogP contribution in [-0.4, -0.2) is 34.5 Å². The third kappa shape index (κ3) is 10.2. The molecule has 0 aromatic rings. The molecule has 17 heavy (non-hydrogen) atoms. The van der Waals surface area contributed by atoms with Crippen LogP contribution in [0.3, 0.4) is 0 Å². The van der Waals surface area contributed by atoms with Crippen LogP contribution in [0.2, 0.25) is 0 Å². The van der Waals surface area contributed by atoms with Crippen LogP contribution in [0.4, 0.5) is 0 Å². The normalized spacial score (nSPS) is 13.5. The molecule has 0 aliphatic heterocycles. The molecule has 0 rings (SSSR count). The second-order valence-electron chi connectivity index (χ2n) is 4.60. The Morgan fingerprint density at radius 1 is 1.35 bits per heavy atom. The van der Waals surface area contributed by atoms with Gasteiger partial charge in [-0.3, -0.25) is 4.89 Å². The van der Waals surface area contributed by atoms with Crippen LogP contribution in [0.5, 0.6) is 0 Å². The number of aliphatic hydroxyl groups is 2. The van der Waals surface area contributed by atoms with Crippen molar-refractivity contribution in [3.8, 4) is 0 Å². The van der Waals surface area contributed by atoms with Crippen molar-refractivity contribution in [2.75, 3.05) is 6.61 Å². The van der Waals surface area contributed by atoms with Gasteiger partial charge in [-0.2, -0.15) is 4.89 Å². The lowest BCUT2D eigenvalue weighted by atomic mass is 10.0. The maximum absolute atomic E-state index is 11.1. The first kappa shape index (κ1) is 16.3. The third-order valence-electron chi connectivity index (χ3n) is 1.96. The summed E-state index contributed by atoms with van der Waals surface area (Å²) >= 11 is 0. The van der Waals surface area contributed by atoms with Crippen LogP contribution in [0.25, 0.3) is 0 Å². The lowest BCUT2D eigenvalue weighted by Crippen LogP contribution is -2.29. The summed E-state index contributed by atoms with van der Waals surface area (Å²) < 4.78 is 0. The summed E-state index contributed by atoms with van der Waals surface area (Å²) in [5.74, 6) is -0.550. The van der Waals surface area contributed by atoms with Crippen molar-refractivity contribution < 1.29 is 29.8 Å². The predicted octanol–water partition coefficient (Wildman–Crippen LogP) is 1.10. The van der Waals surface area contributed by atoms with Crippen molar-refractivity contribution in [2.24, 2.45) is 0 Å². The number of rotatable bonds is 9. The molecule has 0 aromatic carbocycles. The van der Waals surface area contributed by atoms with Crippen LogP contribution in [0, 0.1) is 0 Å². The first-order valence-corrected chi connectivity index (χ1v) is 5.71. The molecule has 1 unspecified atom stereocenters. The smallest absolute Gasteiger partial charge is 0.345 e. The summed E-state index contributed by atoms with van der Waals surface area (Å²) in [6.45, 7) is 5.09. The number of hydrogen-bond donors (Lipinski definition) is 2. The quantitative estimate of drug-likeness (QED) is 0.362. The van der Waals surface area contributed by atoms with Crippen molar-refractivity contribution in [3.63, 3.8) is 0 Å². The van der Waals surface area contributed by atoms with E-state index in [1.54, 1.807) is 20.8 Å². The Bertz CT molecular complexity index is 214. The second kappa shape index (κ2) is 8.41. The van der Waals surface area contributed by atoms with Gasteiger partial charge in [-0.05, 0) is 38.7 Å². The molecule has 0 spiro atoms. The zero-order chi connectivity index (χ0) is 13.3. The summed E-state index contributed by atoms with van der Waals surface area (Å²) in [6.07, 6.45) is 1.07. The average Bonchev–Trinajstić information content (AvgIpc) is 2.15. The van der Waals surface area contributed by atoms with Crippen LogP contribution >= 0.6 is 0 Å². The molecule has 0 radical (unpaired) electrons. The zero-order valence-corrected chi connectivity index (χ0v) is 10.6. The summed E-state index contributed by atoms with van der Waals surface area (Å²) in [5.41, 5.74) is -0.737. The first-order chi connectivity index (χ1) is 7.87. The second-order valence-corrected chi connectivity index (χ2v) is 4.60. The van der Waals surface area contributed by atoms with Gasteiger partial charge >= 0.3 is 5.97 Å². The van der Waals surface area contributed by atoms with Gasteiger partial charge in [0.2, 0.25) is 0 Å². The van der Waals surface area contributed by atoms with Crippen molar-refractivity contribution in [2.45, 2.75) is 58.2 Å². The Labute approximate surface area is 101 Å². The number of carbonyl (C=O) groups excluding carboxylic acids is 1. The number of hydrogen-bond acceptors (Lipinski definition) is 6. The average molecular weight is 250 g/mol. The van der Waals surface area contributed by atoms with Gasteiger partial charge in [-0.25, -0.2) is 4.79 Å². The minimum absolute atomic E-state index is 0.0477. The number of unbranched alkanes of at least 4 members (excludes halogenated alkanes) is 1. The summed E-state index contributed by atoms with van der Waals surface area (Å²) in [7, 11) is 0. The SMILES string of the molecule is CC(O)CC(C)(C)OOOC(=O)CCCCO. The number of aliphatic hydroxyl groups excluding tert-OH is 2. The highest BCUT2D eigenvalue weighted by atomic mass is 17.5. The van der Waals surface area contributed by atoms with E-state index in [9.17, 15) is 9.90 Å². The molecular weight excluding hydrogens is 228 g/mol.